The Hall–Kier alpha value is -3.48. The fourth-order valence-electron chi connectivity index (χ4n) is 4.19. The van der Waals surface area contributed by atoms with Gasteiger partial charge in [0, 0.05) is 42.0 Å². The quantitative estimate of drug-likeness (QED) is 0.485. The summed E-state index contributed by atoms with van der Waals surface area (Å²) in [4.78, 5) is 35.9. The second kappa shape index (κ2) is 9.79. The number of nitrogens with zero attached hydrogens (tertiary/aromatic N) is 3. The highest BCUT2D eigenvalue weighted by Gasteiger charge is 2.30. The molecule has 0 N–H and O–H groups in total. The van der Waals surface area contributed by atoms with Gasteiger partial charge in [-0.15, -0.1) is 0 Å². The van der Waals surface area contributed by atoms with Crippen LogP contribution in [0, 0.1) is 5.92 Å². The average molecular weight is 462 g/mol. The lowest BCUT2D eigenvalue weighted by atomic mass is 9.93. The first-order valence-electron chi connectivity index (χ1n) is 11.6. The van der Waals surface area contributed by atoms with Gasteiger partial charge >= 0.3 is 11.9 Å². The molecule has 34 heavy (non-hydrogen) atoms. The Kier molecular flexibility index (Phi) is 6.82. The predicted octanol–water partition coefficient (Wildman–Crippen LogP) is 4.30. The van der Waals surface area contributed by atoms with Crippen molar-refractivity contribution in [1.29, 1.82) is 0 Å². The van der Waals surface area contributed by atoms with Gasteiger partial charge in [0.1, 0.15) is 5.60 Å². The van der Waals surface area contributed by atoms with Crippen LogP contribution in [-0.4, -0.2) is 47.7 Å². The average Bonchev–Trinajstić information content (AvgIpc) is 2.77. The fourth-order valence-corrected chi connectivity index (χ4v) is 4.19. The maximum Gasteiger partial charge on any atom is 0.309 e. The van der Waals surface area contributed by atoms with Gasteiger partial charge in [0.05, 0.1) is 19.4 Å². The number of anilines is 1. The van der Waals surface area contributed by atoms with E-state index in [4.69, 9.17) is 14.5 Å². The van der Waals surface area contributed by atoms with Crippen LogP contribution in [0.4, 0.5) is 5.69 Å². The Balaban J connectivity index is 1.35. The van der Waals surface area contributed by atoms with Crippen LogP contribution in [0.15, 0.2) is 54.7 Å². The highest BCUT2D eigenvalue weighted by Crippen LogP contribution is 2.32. The number of benzene rings is 1. The molecule has 0 unspecified atom stereocenters. The zero-order valence-electron chi connectivity index (χ0n) is 20.2. The van der Waals surface area contributed by atoms with Crippen molar-refractivity contribution in [2.24, 2.45) is 5.92 Å². The minimum absolute atomic E-state index is 0.00683. The van der Waals surface area contributed by atoms with Crippen LogP contribution in [0.2, 0.25) is 0 Å². The highest BCUT2D eigenvalue weighted by atomic mass is 16.6. The van der Waals surface area contributed by atoms with E-state index in [1.807, 2.05) is 45.0 Å². The molecule has 4 rings (SSSR count). The Bertz CT molecular complexity index is 1160. The number of methoxy groups -OCH3 is 1. The third kappa shape index (κ3) is 5.71. The molecule has 1 aliphatic heterocycles. The standard InChI is InChI=1S/C27H31N3O4/c1-27(2,3)34-24(31)15-20(26(32)33-4)14-18-7-10-22(11-8-18)30-16-21(17-30)23-12-9-19-6-5-13-28-25(19)29-23/h5-13,20-21H,14-17H2,1-4H3/t20-/m1/s1. The van der Waals surface area contributed by atoms with Crippen LogP contribution in [-0.2, 0) is 25.5 Å². The van der Waals surface area contributed by atoms with Gasteiger partial charge in [-0.25, -0.2) is 9.97 Å². The van der Waals surface area contributed by atoms with Crippen LogP contribution in [0.5, 0.6) is 0 Å². The lowest BCUT2D eigenvalue weighted by Gasteiger charge is -2.40. The third-order valence-electron chi connectivity index (χ3n) is 5.94. The van der Waals surface area contributed by atoms with E-state index in [0.717, 1.165) is 41.1 Å². The predicted molar refractivity (Wildman–Crippen MR) is 131 cm³/mol. The topological polar surface area (TPSA) is 81.6 Å². The lowest BCUT2D eigenvalue weighted by molar-refractivity contribution is -0.160. The fraction of sp³-hybridized carbons (Fsp3) is 0.407. The van der Waals surface area contributed by atoms with E-state index < -0.39 is 23.5 Å². The molecule has 1 aliphatic rings. The molecule has 7 nitrogen and oxygen atoms in total. The number of fused-ring (bicyclic) bond motifs is 1. The van der Waals surface area contributed by atoms with Crippen molar-refractivity contribution >= 4 is 28.7 Å². The summed E-state index contributed by atoms with van der Waals surface area (Å²) in [7, 11) is 1.34. The van der Waals surface area contributed by atoms with Crippen molar-refractivity contribution in [2.75, 3.05) is 25.1 Å². The smallest absolute Gasteiger partial charge is 0.309 e. The van der Waals surface area contributed by atoms with Crippen molar-refractivity contribution in [3.8, 4) is 0 Å². The normalized spacial score (nSPS) is 15.0. The molecular weight excluding hydrogens is 430 g/mol. The summed E-state index contributed by atoms with van der Waals surface area (Å²) in [5.74, 6) is -1.00. The van der Waals surface area contributed by atoms with Gasteiger partial charge in [-0.05, 0) is 69.2 Å². The number of hydrogen-bond acceptors (Lipinski definition) is 7. The summed E-state index contributed by atoms with van der Waals surface area (Å²) in [5, 5.41) is 1.05. The van der Waals surface area contributed by atoms with E-state index in [0.29, 0.717) is 12.3 Å². The zero-order valence-corrected chi connectivity index (χ0v) is 20.2. The molecule has 1 aromatic carbocycles. The van der Waals surface area contributed by atoms with Gasteiger partial charge in [-0.3, -0.25) is 9.59 Å². The van der Waals surface area contributed by atoms with E-state index in [1.165, 1.54) is 7.11 Å². The second-order valence-corrected chi connectivity index (χ2v) is 9.77. The molecule has 0 bridgehead atoms. The number of esters is 2. The molecule has 1 saturated heterocycles. The van der Waals surface area contributed by atoms with Crippen molar-refractivity contribution in [1.82, 2.24) is 9.97 Å². The van der Waals surface area contributed by atoms with E-state index >= 15 is 0 Å². The molecule has 2 aromatic heterocycles. The molecule has 0 amide bonds. The van der Waals surface area contributed by atoms with Gasteiger partial charge in [0.2, 0.25) is 0 Å². The maximum atomic E-state index is 12.3. The minimum atomic E-state index is -0.590. The maximum absolute atomic E-state index is 12.3. The monoisotopic (exact) mass is 461 g/mol. The number of pyridine rings is 2. The van der Waals surface area contributed by atoms with Crippen LogP contribution in [0.1, 0.15) is 44.4 Å². The molecule has 0 spiro atoms. The molecule has 0 saturated carbocycles. The molecule has 3 heterocycles. The summed E-state index contributed by atoms with van der Waals surface area (Å²) >= 11 is 0. The molecule has 0 aliphatic carbocycles. The van der Waals surface area contributed by atoms with E-state index in [2.05, 4.69) is 34.1 Å². The van der Waals surface area contributed by atoms with Gasteiger partial charge in [-0.2, -0.15) is 0 Å². The molecule has 7 heteroatoms. The number of ether oxygens (including phenoxy) is 2. The minimum Gasteiger partial charge on any atom is -0.469 e. The van der Waals surface area contributed by atoms with Crippen molar-refractivity contribution in [3.63, 3.8) is 0 Å². The molecule has 1 fully saturated rings. The summed E-state index contributed by atoms with van der Waals surface area (Å²) < 4.78 is 10.3. The summed E-state index contributed by atoms with van der Waals surface area (Å²) in [6.07, 6.45) is 2.18. The highest BCUT2D eigenvalue weighted by molar-refractivity contribution is 5.80. The van der Waals surface area contributed by atoms with E-state index in [1.54, 1.807) is 6.20 Å². The SMILES string of the molecule is COC(=O)[C@@H](CC(=O)OC(C)(C)C)Cc1ccc(N2CC(c3ccc4cccnc4n3)C2)cc1. The summed E-state index contributed by atoms with van der Waals surface area (Å²) in [6.45, 7) is 7.22. The summed E-state index contributed by atoms with van der Waals surface area (Å²) in [6, 6.07) is 16.2. The lowest BCUT2D eigenvalue weighted by Crippen LogP contribution is -2.45. The van der Waals surface area contributed by atoms with Crippen molar-refractivity contribution in [2.45, 2.75) is 45.1 Å². The van der Waals surface area contributed by atoms with Crippen LogP contribution in [0.25, 0.3) is 11.0 Å². The first-order chi connectivity index (χ1) is 16.2. The van der Waals surface area contributed by atoms with Crippen LogP contribution >= 0.6 is 0 Å². The third-order valence-corrected chi connectivity index (χ3v) is 5.94. The Labute approximate surface area is 200 Å². The summed E-state index contributed by atoms with van der Waals surface area (Å²) in [5.41, 5.74) is 3.37. The van der Waals surface area contributed by atoms with Crippen molar-refractivity contribution < 1.29 is 19.1 Å². The first-order valence-corrected chi connectivity index (χ1v) is 11.6. The van der Waals surface area contributed by atoms with Gasteiger partial charge in [0.25, 0.3) is 0 Å². The van der Waals surface area contributed by atoms with Gasteiger partial charge in [0.15, 0.2) is 5.65 Å². The first kappa shape index (κ1) is 23.7. The van der Waals surface area contributed by atoms with E-state index in [9.17, 15) is 9.59 Å². The van der Waals surface area contributed by atoms with Gasteiger partial charge < -0.3 is 14.4 Å². The number of aromatic nitrogens is 2. The number of carbonyl (C=O) groups excluding carboxylic acids is 2. The van der Waals surface area contributed by atoms with Crippen LogP contribution in [0.3, 0.4) is 0 Å². The number of hydrogen-bond donors (Lipinski definition) is 0. The number of carbonyl (C=O) groups is 2. The Morgan fingerprint density at radius 1 is 1.09 bits per heavy atom. The molecule has 1 atom stereocenters. The molecular formula is C27H31N3O4. The van der Waals surface area contributed by atoms with Gasteiger partial charge in [-0.1, -0.05) is 12.1 Å². The van der Waals surface area contributed by atoms with E-state index in [-0.39, 0.29) is 6.42 Å². The molecule has 3 aromatic rings. The molecule has 0 radical (unpaired) electrons. The Morgan fingerprint density at radius 2 is 1.82 bits per heavy atom. The largest absolute Gasteiger partial charge is 0.469 e. The number of rotatable bonds is 7. The van der Waals surface area contributed by atoms with Crippen molar-refractivity contribution in [3.05, 3.63) is 66.0 Å². The Morgan fingerprint density at radius 3 is 2.50 bits per heavy atom. The second-order valence-electron chi connectivity index (χ2n) is 9.77. The molecule has 178 valence electrons. The van der Waals surface area contributed by atoms with Crippen LogP contribution < -0.4 is 4.90 Å². The zero-order chi connectivity index (χ0) is 24.3.